The molecule has 0 bridgehead atoms. The molecule has 2 atom stereocenters. The fourth-order valence-electron chi connectivity index (χ4n) is 7.92. The molecule has 0 spiro atoms. The van der Waals surface area contributed by atoms with Crippen molar-refractivity contribution in [3.8, 4) is 0 Å². The number of rotatable bonds is 48. The van der Waals surface area contributed by atoms with E-state index in [-0.39, 0.29) is 18.5 Å². The van der Waals surface area contributed by atoms with E-state index in [0.29, 0.717) is 19.4 Å². The summed E-state index contributed by atoms with van der Waals surface area (Å²) in [6.45, 7) is 4.82. The lowest BCUT2D eigenvalue weighted by Gasteiger charge is -2.20. The molecule has 0 radical (unpaired) electrons. The highest BCUT2D eigenvalue weighted by atomic mass is 16.5. The molecule has 0 aromatic heterocycles. The number of unbranched alkanes of at least 4 members (excludes halogenated alkanes) is 35. The molecular weight excluding hydrogens is 731 g/mol. The Hall–Kier alpha value is -1.66. The first kappa shape index (κ1) is 57.3. The van der Waals surface area contributed by atoms with Gasteiger partial charge in [-0.15, -0.1) is 0 Å². The quantitative estimate of drug-likeness (QED) is 0.0322. The van der Waals surface area contributed by atoms with Gasteiger partial charge in [0.2, 0.25) is 5.91 Å². The Morgan fingerprint density at radius 1 is 0.458 bits per heavy atom. The van der Waals surface area contributed by atoms with Crippen LogP contribution < -0.4 is 5.32 Å². The van der Waals surface area contributed by atoms with E-state index in [1.807, 2.05) is 6.08 Å². The summed E-state index contributed by atoms with van der Waals surface area (Å²) < 4.78 is 5.43. The summed E-state index contributed by atoms with van der Waals surface area (Å²) >= 11 is 0. The number of aliphatic hydroxyl groups is 2. The third-order valence-electron chi connectivity index (χ3n) is 12.0. The van der Waals surface area contributed by atoms with Crippen LogP contribution >= 0.6 is 0 Å². The van der Waals surface area contributed by atoms with Gasteiger partial charge in [-0.25, -0.2) is 0 Å². The average Bonchev–Trinajstić information content (AvgIpc) is 3.24. The number of esters is 1. The second-order valence-electron chi connectivity index (χ2n) is 17.9. The number of carbonyl (C=O) groups excluding carboxylic acids is 2. The molecule has 6 nitrogen and oxygen atoms in total. The lowest BCUT2D eigenvalue weighted by atomic mass is 10.0. The van der Waals surface area contributed by atoms with E-state index in [1.54, 1.807) is 6.08 Å². The summed E-state index contributed by atoms with van der Waals surface area (Å²) in [6, 6.07) is -0.652. The van der Waals surface area contributed by atoms with E-state index in [1.165, 1.54) is 173 Å². The first-order chi connectivity index (χ1) is 29.0. The third-order valence-corrected chi connectivity index (χ3v) is 12.0. The van der Waals surface area contributed by atoms with Crippen LogP contribution in [0.4, 0.5) is 0 Å². The molecule has 0 aliphatic carbocycles. The molecule has 0 heterocycles. The number of aliphatic hydroxyl groups excluding tert-OH is 2. The zero-order valence-electron chi connectivity index (χ0n) is 39.5. The topological polar surface area (TPSA) is 95.9 Å². The van der Waals surface area contributed by atoms with Crippen molar-refractivity contribution in [3.63, 3.8) is 0 Å². The van der Waals surface area contributed by atoms with Gasteiger partial charge in [-0.1, -0.05) is 231 Å². The molecule has 0 aromatic rings. The van der Waals surface area contributed by atoms with Gasteiger partial charge >= 0.3 is 5.97 Å². The van der Waals surface area contributed by atoms with E-state index in [4.69, 9.17) is 4.74 Å². The number of carbonyl (C=O) groups is 2. The third kappa shape index (κ3) is 45.7. The SMILES string of the molecule is CCCCCCCCCCCCCCCCCCC/C=C/C(O)C(CO)NC(=O)CCCCCC/C=C\CCCCOC(=O)CCCCCCCCCCCCCCC. The summed E-state index contributed by atoms with van der Waals surface area (Å²) in [5.41, 5.74) is 0. The number of hydrogen-bond acceptors (Lipinski definition) is 5. The van der Waals surface area contributed by atoms with Crippen LogP contribution in [0.15, 0.2) is 24.3 Å². The fraction of sp³-hybridized carbons (Fsp3) is 0.887. The van der Waals surface area contributed by atoms with E-state index in [2.05, 4.69) is 31.3 Å². The lowest BCUT2D eigenvalue weighted by Crippen LogP contribution is -2.45. The van der Waals surface area contributed by atoms with Crippen LogP contribution in [0.1, 0.15) is 277 Å². The van der Waals surface area contributed by atoms with Crippen LogP contribution in [0.2, 0.25) is 0 Å². The number of hydrogen-bond donors (Lipinski definition) is 3. The van der Waals surface area contributed by atoms with E-state index >= 15 is 0 Å². The first-order valence-electron chi connectivity index (χ1n) is 26.1. The molecular formula is C53H101NO5. The van der Waals surface area contributed by atoms with Crippen LogP contribution in [0.25, 0.3) is 0 Å². The van der Waals surface area contributed by atoms with Crippen molar-refractivity contribution >= 4 is 11.9 Å². The molecule has 0 saturated heterocycles. The summed E-state index contributed by atoms with van der Waals surface area (Å²) in [6.07, 6.45) is 57.5. The maximum atomic E-state index is 12.4. The van der Waals surface area contributed by atoms with E-state index in [0.717, 1.165) is 77.0 Å². The minimum Gasteiger partial charge on any atom is -0.466 e. The van der Waals surface area contributed by atoms with Crippen LogP contribution in [0.5, 0.6) is 0 Å². The average molecular weight is 832 g/mol. The monoisotopic (exact) mass is 832 g/mol. The van der Waals surface area contributed by atoms with Gasteiger partial charge in [-0.2, -0.15) is 0 Å². The fourth-order valence-corrected chi connectivity index (χ4v) is 7.92. The van der Waals surface area contributed by atoms with Gasteiger partial charge in [0.25, 0.3) is 0 Å². The number of allylic oxidation sites excluding steroid dienone is 3. The van der Waals surface area contributed by atoms with Gasteiger partial charge in [0.1, 0.15) is 0 Å². The molecule has 348 valence electrons. The Morgan fingerprint density at radius 3 is 1.20 bits per heavy atom. The Morgan fingerprint density at radius 2 is 0.797 bits per heavy atom. The Kier molecular flexibility index (Phi) is 47.6. The van der Waals surface area contributed by atoms with Gasteiger partial charge in [-0.3, -0.25) is 9.59 Å². The molecule has 2 unspecified atom stereocenters. The molecule has 0 aromatic carbocycles. The van der Waals surface area contributed by atoms with Crippen LogP contribution in [-0.4, -0.2) is 47.4 Å². The van der Waals surface area contributed by atoms with Crippen LogP contribution in [0.3, 0.4) is 0 Å². The molecule has 1 amide bonds. The summed E-state index contributed by atoms with van der Waals surface area (Å²) in [7, 11) is 0. The summed E-state index contributed by atoms with van der Waals surface area (Å²) in [5, 5.41) is 23.1. The second-order valence-corrected chi connectivity index (χ2v) is 17.9. The Labute approximate surface area is 367 Å². The predicted octanol–water partition coefficient (Wildman–Crippen LogP) is 15.5. The summed E-state index contributed by atoms with van der Waals surface area (Å²) in [4.78, 5) is 24.4. The number of ether oxygens (including phenoxy) is 1. The predicted molar refractivity (Wildman–Crippen MR) is 255 cm³/mol. The maximum Gasteiger partial charge on any atom is 0.305 e. The van der Waals surface area contributed by atoms with Gasteiger partial charge in [0, 0.05) is 12.8 Å². The normalized spacial score (nSPS) is 12.8. The minimum absolute atomic E-state index is 0.0368. The molecule has 0 fully saturated rings. The Balaban J connectivity index is 3.56. The molecule has 59 heavy (non-hydrogen) atoms. The lowest BCUT2D eigenvalue weighted by molar-refractivity contribution is -0.143. The zero-order valence-corrected chi connectivity index (χ0v) is 39.5. The van der Waals surface area contributed by atoms with Crippen molar-refractivity contribution in [1.82, 2.24) is 5.32 Å². The smallest absolute Gasteiger partial charge is 0.305 e. The standard InChI is InChI=1S/C53H101NO5/c1-3-5-7-9-11-13-15-17-18-19-20-21-22-24-25-29-33-37-41-45-51(56)50(49-55)54-52(57)46-42-38-34-30-27-28-32-36-40-44-48-59-53(58)47-43-39-35-31-26-23-16-14-12-10-8-6-4-2/h28,32,41,45,50-51,55-56H,3-27,29-31,33-40,42-44,46-49H2,1-2H3,(H,54,57)/b32-28-,45-41+. The highest BCUT2D eigenvalue weighted by molar-refractivity contribution is 5.76. The van der Waals surface area contributed by atoms with Crippen LogP contribution in [0, 0.1) is 0 Å². The molecule has 0 aliphatic rings. The minimum atomic E-state index is -0.865. The van der Waals surface area contributed by atoms with Crippen molar-refractivity contribution in [2.45, 2.75) is 289 Å². The van der Waals surface area contributed by atoms with Gasteiger partial charge < -0.3 is 20.3 Å². The molecule has 0 saturated carbocycles. The highest BCUT2D eigenvalue weighted by Crippen LogP contribution is 2.16. The second kappa shape index (κ2) is 49.0. The molecule has 0 aliphatic heterocycles. The van der Waals surface area contributed by atoms with E-state index < -0.39 is 12.1 Å². The molecule has 0 rings (SSSR count). The van der Waals surface area contributed by atoms with Gasteiger partial charge in [-0.05, 0) is 57.8 Å². The van der Waals surface area contributed by atoms with Crippen LogP contribution in [-0.2, 0) is 14.3 Å². The zero-order chi connectivity index (χ0) is 43.0. The number of nitrogens with one attached hydrogen (secondary N) is 1. The van der Waals surface area contributed by atoms with Gasteiger partial charge in [0.05, 0.1) is 25.4 Å². The van der Waals surface area contributed by atoms with E-state index in [9.17, 15) is 19.8 Å². The largest absolute Gasteiger partial charge is 0.466 e. The highest BCUT2D eigenvalue weighted by Gasteiger charge is 2.18. The maximum absolute atomic E-state index is 12.4. The summed E-state index contributed by atoms with van der Waals surface area (Å²) in [5.74, 6) is -0.139. The molecule has 3 N–H and O–H groups in total. The Bertz CT molecular complexity index is 920. The van der Waals surface area contributed by atoms with Gasteiger partial charge in [0.15, 0.2) is 0 Å². The molecule has 6 heteroatoms. The van der Waals surface area contributed by atoms with Crippen molar-refractivity contribution in [3.05, 3.63) is 24.3 Å². The van der Waals surface area contributed by atoms with Crippen molar-refractivity contribution in [1.29, 1.82) is 0 Å². The number of amides is 1. The van der Waals surface area contributed by atoms with Crippen molar-refractivity contribution < 1.29 is 24.5 Å². The van der Waals surface area contributed by atoms with Crippen molar-refractivity contribution in [2.75, 3.05) is 13.2 Å². The van der Waals surface area contributed by atoms with Crippen molar-refractivity contribution in [2.24, 2.45) is 0 Å². The first-order valence-corrected chi connectivity index (χ1v) is 26.1.